The van der Waals surface area contributed by atoms with E-state index in [-0.39, 0.29) is 0 Å². The summed E-state index contributed by atoms with van der Waals surface area (Å²) in [4.78, 5) is 43.3. The van der Waals surface area contributed by atoms with E-state index in [1.165, 1.54) is 70.2 Å². The quantitative estimate of drug-likeness (QED) is 0.0771. The van der Waals surface area contributed by atoms with Crippen LogP contribution in [0.2, 0.25) is 0 Å². The van der Waals surface area contributed by atoms with Crippen LogP contribution in [0.25, 0.3) is 255 Å². The first kappa shape index (κ1) is 89.3. The van der Waals surface area contributed by atoms with Crippen molar-refractivity contribution in [3.05, 3.63) is 541 Å². The second-order valence-corrected chi connectivity index (χ2v) is 37.0. The van der Waals surface area contributed by atoms with Crippen molar-refractivity contribution in [3.63, 3.8) is 0 Å². The van der Waals surface area contributed by atoms with E-state index in [2.05, 4.69) is 446 Å². The maximum absolute atomic E-state index is 6.39. The predicted octanol–water partition coefficient (Wildman–Crippen LogP) is 35.6. The first-order chi connectivity index (χ1) is 72.3. The van der Waals surface area contributed by atoms with Gasteiger partial charge in [-0.2, -0.15) is 0 Å². The molecular weight excluding hydrogens is 1800 g/mol. The molecule has 0 aliphatic heterocycles. The van der Waals surface area contributed by atoms with E-state index in [0.717, 1.165) is 167 Å². The van der Waals surface area contributed by atoms with Gasteiger partial charge in [0.2, 0.25) is 0 Å². The molecule has 0 spiro atoms. The number of fused-ring (bicyclic) bond motifs is 6. The van der Waals surface area contributed by atoms with Gasteiger partial charge in [-0.05, 0) is 197 Å². The Balaban J connectivity index is 0.000000117. The van der Waals surface area contributed by atoms with Crippen LogP contribution in [0.15, 0.2) is 545 Å². The molecule has 0 unspecified atom stereocenters. The molecule has 10 nitrogen and oxygen atoms in total. The maximum atomic E-state index is 6.39. The third-order valence-electron chi connectivity index (χ3n) is 26.7. The number of pyridine rings is 3. The summed E-state index contributed by atoms with van der Waals surface area (Å²) in [6.45, 7) is 0. The van der Waals surface area contributed by atoms with Crippen LogP contribution in [0, 0.1) is 0 Å². The van der Waals surface area contributed by atoms with Crippen LogP contribution >= 0.6 is 11.3 Å². The zero-order valence-electron chi connectivity index (χ0n) is 79.2. The molecule has 18 aromatic carbocycles. The number of furan rings is 1. The summed E-state index contributed by atoms with van der Waals surface area (Å²) in [6.07, 6.45) is 10.9. The fourth-order valence-electron chi connectivity index (χ4n) is 19.1. The number of aromatic nitrogens is 9. The fourth-order valence-corrected chi connectivity index (χ4v) is 20.3. The normalized spacial score (nSPS) is 11.2. The summed E-state index contributed by atoms with van der Waals surface area (Å²) in [6, 6.07) is 176. The summed E-state index contributed by atoms with van der Waals surface area (Å²) < 4.78 is 9.00. The Labute approximate surface area is 850 Å². The number of hydrogen-bond donors (Lipinski definition) is 0. The third-order valence-corrected chi connectivity index (χ3v) is 27.9. The van der Waals surface area contributed by atoms with Gasteiger partial charge in [-0.25, -0.2) is 29.9 Å². The largest absolute Gasteiger partial charge is 0.455 e. The van der Waals surface area contributed by atoms with Crippen molar-refractivity contribution in [1.29, 1.82) is 0 Å². The van der Waals surface area contributed by atoms with Crippen LogP contribution in [0.3, 0.4) is 0 Å². The number of para-hydroxylation sites is 2. The fraction of sp³-hybridized carbons (Fsp3) is 0. The lowest BCUT2D eigenvalue weighted by atomic mass is 9.97. The minimum absolute atomic E-state index is 0.672. The Morgan fingerprint density at radius 3 is 0.774 bits per heavy atom. The standard InChI is InChI=1S/C45H29N3O.C45H29N3S.C45H31N3/c2*1-2-8-30(9-3-1)31-16-20-34(21-17-31)41-29-42(48-45(47-41)35-22-18-32(19-23-35)33-24-26-46-27-25-33)37-11-6-10-36(28-37)38-13-7-14-40-39-12-4-5-15-43(39)49-44(38)40;1-3-9-32(10-4-1)34-17-21-37(22-18-34)43-31-44(48-45(47-43)38-23-19-35(20-24-38)36-25-27-46-28-26-36)42-16-8-15-41(30-42)40-14-7-13-39(29-40)33-11-5-2-6-12-33/h2*1-29H;1-31H. The molecule has 0 radical (unpaired) electrons. The molecule has 26 aromatic rings. The molecule has 0 saturated carbocycles. The van der Waals surface area contributed by atoms with Crippen LogP contribution in [-0.2, 0) is 0 Å². The highest BCUT2D eigenvalue weighted by Crippen LogP contribution is 2.45. The second kappa shape index (κ2) is 40.8. The topological polar surface area (TPSA) is 129 Å². The smallest absolute Gasteiger partial charge is 0.160 e. The Hall–Kier alpha value is -19.3. The van der Waals surface area contributed by atoms with E-state index >= 15 is 0 Å². The molecule has 146 heavy (non-hydrogen) atoms. The summed E-state index contributed by atoms with van der Waals surface area (Å²) in [7, 11) is 0. The lowest BCUT2D eigenvalue weighted by molar-refractivity contribution is 0.670. The minimum Gasteiger partial charge on any atom is -0.455 e. The maximum Gasteiger partial charge on any atom is 0.160 e. The van der Waals surface area contributed by atoms with E-state index in [9.17, 15) is 0 Å². The molecule has 0 fully saturated rings. The van der Waals surface area contributed by atoms with Crippen molar-refractivity contribution in [2.75, 3.05) is 0 Å². The lowest BCUT2D eigenvalue weighted by Gasteiger charge is -2.12. The molecule has 0 aliphatic rings. The molecule has 0 aliphatic carbocycles. The van der Waals surface area contributed by atoms with Crippen molar-refractivity contribution < 1.29 is 4.42 Å². The minimum atomic E-state index is 0.672. The summed E-state index contributed by atoms with van der Waals surface area (Å²) in [5, 5.41) is 4.83. The van der Waals surface area contributed by atoms with Crippen LogP contribution in [0.1, 0.15) is 0 Å². The second-order valence-electron chi connectivity index (χ2n) is 35.9. The predicted molar refractivity (Wildman–Crippen MR) is 603 cm³/mol. The molecule has 8 aromatic heterocycles. The zero-order valence-corrected chi connectivity index (χ0v) is 80.0. The molecule has 8 heterocycles. The first-order valence-electron chi connectivity index (χ1n) is 48.8. The molecule has 686 valence electrons. The van der Waals surface area contributed by atoms with E-state index in [4.69, 9.17) is 34.3 Å². The number of nitrogens with zero attached hydrogens (tertiary/aromatic N) is 9. The lowest BCUT2D eigenvalue weighted by Crippen LogP contribution is -1.96. The van der Waals surface area contributed by atoms with Gasteiger partial charge < -0.3 is 4.42 Å². The highest BCUT2D eigenvalue weighted by molar-refractivity contribution is 7.26. The highest BCUT2D eigenvalue weighted by atomic mass is 32.1. The Bertz CT molecular complexity index is 8470. The molecule has 0 atom stereocenters. The van der Waals surface area contributed by atoms with Gasteiger partial charge in [-0.15, -0.1) is 11.3 Å². The van der Waals surface area contributed by atoms with Gasteiger partial charge in [0, 0.05) is 124 Å². The van der Waals surface area contributed by atoms with E-state index in [1.807, 2.05) is 121 Å². The molecule has 11 heteroatoms. The summed E-state index contributed by atoms with van der Waals surface area (Å²) >= 11 is 1.85. The Kier molecular flexibility index (Phi) is 25.0. The van der Waals surface area contributed by atoms with E-state index in [0.29, 0.717) is 17.5 Å². The summed E-state index contributed by atoms with van der Waals surface area (Å²) in [5.74, 6) is 2.05. The molecule has 0 saturated heterocycles. The van der Waals surface area contributed by atoms with Gasteiger partial charge in [-0.3, -0.25) is 15.0 Å². The number of thiophene rings is 1. The highest BCUT2D eigenvalue weighted by Gasteiger charge is 2.22. The van der Waals surface area contributed by atoms with Crippen molar-refractivity contribution in [2.45, 2.75) is 0 Å². The van der Waals surface area contributed by atoms with Crippen LogP contribution < -0.4 is 0 Å². The van der Waals surface area contributed by atoms with Crippen LogP contribution in [0.5, 0.6) is 0 Å². The van der Waals surface area contributed by atoms with Gasteiger partial charge in [0.1, 0.15) is 11.2 Å². The number of benzene rings is 18. The molecule has 0 N–H and O–H groups in total. The third kappa shape index (κ3) is 19.3. The van der Waals surface area contributed by atoms with Crippen molar-refractivity contribution in [1.82, 2.24) is 44.9 Å². The Morgan fingerprint density at radius 1 is 0.151 bits per heavy atom. The molecular formula is C135H89N9OS. The van der Waals surface area contributed by atoms with Gasteiger partial charge in [0.05, 0.1) is 34.2 Å². The van der Waals surface area contributed by atoms with Crippen LogP contribution in [0.4, 0.5) is 0 Å². The number of hydrogen-bond acceptors (Lipinski definition) is 11. The first-order valence-corrected chi connectivity index (χ1v) is 49.6. The van der Waals surface area contributed by atoms with Crippen molar-refractivity contribution in [2.24, 2.45) is 0 Å². The van der Waals surface area contributed by atoms with E-state index < -0.39 is 0 Å². The molecule has 0 amide bonds. The van der Waals surface area contributed by atoms with Gasteiger partial charge in [0.25, 0.3) is 0 Å². The molecule has 26 rings (SSSR count). The van der Waals surface area contributed by atoms with Gasteiger partial charge in [0.15, 0.2) is 17.5 Å². The molecule has 0 bridgehead atoms. The monoisotopic (exact) mass is 1880 g/mol. The van der Waals surface area contributed by atoms with Crippen LogP contribution in [-0.4, -0.2) is 44.9 Å². The average molecular weight is 1890 g/mol. The Morgan fingerprint density at radius 2 is 0.390 bits per heavy atom. The number of rotatable bonds is 19. The van der Waals surface area contributed by atoms with Gasteiger partial charge >= 0.3 is 0 Å². The van der Waals surface area contributed by atoms with E-state index in [1.54, 1.807) is 0 Å². The zero-order chi connectivity index (χ0) is 97.3. The van der Waals surface area contributed by atoms with Crippen molar-refractivity contribution >= 4 is 53.4 Å². The van der Waals surface area contributed by atoms with Gasteiger partial charge in [-0.1, -0.05) is 413 Å². The SMILES string of the molecule is c1ccc(-c2ccc(-c3cc(-c4cccc(-c5cccc(-c6ccccc6)c5)c4)nc(-c4ccc(-c5ccncc5)cc4)n3)cc2)cc1.c1ccc(-c2ccc(-c3cc(-c4cccc(-c5cccc6c5oc5ccccc56)c4)nc(-c4ccc(-c5ccncc5)cc4)n3)cc2)cc1.c1ccc(-c2ccc(-c3cc(-c4cccc(-c5cccc6c5sc5ccccc56)c4)nc(-c4ccc(-c5ccncc5)cc4)n3)cc2)cc1. The average Bonchev–Trinajstić information content (AvgIpc) is 1.60. The summed E-state index contributed by atoms with van der Waals surface area (Å²) in [5.41, 5.74) is 39.1. The van der Waals surface area contributed by atoms with Crippen molar-refractivity contribution in [3.8, 4) is 213 Å².